The van der Waals surface area contributed by atoms with Gasteiger partial charge in [-0.25, -0.2) is 4.79 Å². The van der Waals surface area contributed by atoms with Gasteiger partial charge in [0.25, 0.3) is 0 Å². The molecule has 0 saturated carbocycles. The monoisotopic (exact) mass is 413 g/mol. The molecule has 3 aromatic rings. The largest absolute Gasteiger partial charge is 0.504 e. The van der Waals surface area contributed by atoms with E-state index < -0.39 is 5.97 Å². The predicted molar refractivity (Wildman–Crippen MR) is 111 cm³/mol. The van der Waals surface area contributed by atoms with Crippen LogP contribution in [0.15, 0.2) is 36.4 Å². The molecule has 1 aromatic heterocycles. The Kier molecular flexibility index (Phi) is 6.06. The number of hydrogen-bond acceptors (Lipinski definition) is 7. The molecule has 8 nitrogen and oxygen atoms in total. The standard InChI is InChI=1S/C22H23NO7/c1-26-17-7-6-12(8-16(17)24)20-14(11-15(23-20)22(25)30-5)13-9-18(27-2)21(29-4)19(10-13)28-3/h6-11,23-24H,1-5H3. The third-order valence-electron chi connectivity index (χ3n) is 4.67. The SMILES string of the molecule is COC(=O)c1cc(-c2cc(OC)c(OC)c(OC)c2)c(-c2ccc(OC)c(O)c2)[nH]1. The topological polar surface area (TPSA) is 99.2 Å². The lowest BCUT2D eigenvalue weighted by atomic mass is 10.00. The van der Waals surface area contributed by atoms with E-state index in [0.29, 0.717) is 45.4 Å². The lowest BCUT2D eigenvalue weighted by Crippen LogP contribution is -2.00. The van der Waals surface area contributed by atoms with E-state index in [1.165, 1.54) is 35.5 Å². The molecule has 0 amide bonds. The number of esters is 1. The van der Waals surface area contributed by atoms with Crippen molar-refractivity contribution in [2.75, 3.05) is 35.5 Å². The van der Waals surface area contributed by atoms with Gasteiger partial charge in [0.05, 0.1) is 41.2 Å². The molecule has 0 radical (unpaired) electrons. The molecule has 158 valence electrons. The summed E-state index contributed by atoms with van der Waals surface area (Å²) in [6.45, 7) is 0. The third kappa shape index (κ3) is 3.71. The van der Waals surface area contributed by atoms with Crippen LogP contribution in [0.5, 0.6) is 28.7 Å². The van der Waals surface area contributed by atoms with Gasteiger partial charge in [0.15, 0.2) is 23.0 Å². The molecule has 3 rings (SSSR count). The predicted octanol–water partition coefficient (Wildman–Crippen LogP) is 3.88. The maximum absolute atomic E-state index is 12.2. The van der Waals surface area contributed by atoms with Crippen LogP contribution in [-0.2, 0) is 4.74 Å². The van der Waals surface area contributed by atoms with Gasteiger partial charge < -0.3 is 33.8 Å². The van der Waals surface area contributed by atoms with Crippen LogP contribution >= 0.6 is 0 Å². The first-order chi connectivity index (χ1) is 14.5. The lowest BCUT2D eigenvalue weighted by Gasteiger charge is -2.14. The van der Waals surface area contributed by atoms with E-state index in [-0.39, 0.29) is 11.4 Å². The van der Waals surface area contributed by atoms with E-state index in [4.69, 9.17) is 23.7 Å². The molecule has 0 aliphatic heterocycles. The minimum absolute atomic E-state index is 0.0277. The Balaban J connectivity index is 2.25. The number of aromatic hydroxyl groups is 1. The normalized spacial score (nSPS) is 10.4. The Morgan fingerprint density at radius 3 is 1.93 bits per heavy atom. The molecule has 2 N–H and O–H groups in total. The fourth-order valence-corrected chi connectivity index (χ4v) is 3.21. The van der Waals surface area contributed by atoms with Crippen molar-refractivity contribution in [1.82, 2.24) is 4.98 Å². The summed E-state index contributed by atoms with van der Waals surface area (Å²) in [6, 6.07) is 10.2. The van der Waals surface area contributed by atoms with Crippen molar-refractivity contribution in [3.8, 4) is 51.1 Å². The number of methoxy groups -OCH3 is 5. The fraction of sp³-hybridized carbons (Fsp3) is 0.227. The van der Waals surface area contributed by atoms with E-state index in [9.17, 15) is 9.90 Å². The van der Waals surface area contributed by atoms with E-state index in [0.717, 1.165) is 0 Å². The molecule has 2 aromatic carbocycles. The second-order valence-corrected chi connectivity index (χ2v) is 6.26. The van der Waals surface area contributed by atoms with E-state index in [1.807, 2.05) is 0 Å². The van der Waals surface area contributed by atoms with Gasteiger partial charge in [-0.1, -0.05) is 0 Å². The number of phenols is 1. The van der Waals surface area contributed by atoms with Gasteiger partial charge >= 0.3 is 5.97 Å². The first-order valence-electron chi connectivity index (χ1n) is 8.96. The van der Waals surface area contributed by atoms with Crippen LogP contribution in [0.1, 0.15) is 10.5 Å². The number of nitrogens with one attached hydrogen (secondary N) is 1. The minimum Gasteiger partial charge on any atom is -0.504 e. The number of aromatic amines is 1. The molecule has 0 aliphatic rings. The molecular formula is C22H23NO7. The van der Waals surface area contributed by atoms with Crippen molar-refractivity contribution >= 4 is 5.97 Å². The number of aromatic nitrogens is 1. The zero-order valence-electron chi connectivity index (χ0n) is 17.4. The zero-order chi connectivity index (χ0) is 21.8. The second kappa shape index (κ2) is 8.69. The molecular weight excluding hydrogens is 390 g/mol. The number of H-pyrrole nitrogens is 1. The molecule has 1 heterocycles. The number of benzene rings is 2. The van der Waals surface area contributed by atoms with Crippen molar-refractivity contribution in [3.63, 3.8) is 0 Å². The van der Waals surface area contributed by atoms with Crippen LogP contribution in [0.3, 0.4) is 0 Å². The van der Waals surface area contributed by atoms with Crippen molar-refractivity contribution in [1.29, 1.82) is 0 Å². The molecule has 0 unspecified atom stereocenters. The Morgan fingerprint density at radius 1 is 0.800 bits per heavy atom. The van der Waals surface area contributed by atoms with Crippen LogP contribution in [-0.4, -0.2) is 51.6 Å². The summed E-state index contributed by atoms with van der Waals surface area (Å²) in [5.41, 5.74) is 2.89. The van der Waals surface area contributed by atoms with Crippen molar-refractivity contribution in [3.05, 3.63) is 42.1 Å². The van der Waals surface area contributed by atoms with E-state index in [1.54, 1.807) is 36.4 Å². The Morgan fingerprint density at radius 2 is 1.43 bits per heavy atom. The van der Waals surface area contributed by atoms with E-state index >= 15 is 0 Å². The Hall–Kier alpha value is -3.81. The maximum atomic E-state index is 12.2. The van der Waals surface area contributed by atoms with Gasteiger partial charge in [-0.3, -0.25) is 0 Å². The van der Waals surface area contributed by atoms with Gasteiger partial charge in [-0.15, -0.1) is 0 Å². The van der Waals surface area contributed by atoms with Crippen LogP contribution < -0.4 is 18.9 Å². The molecule has 0 bridgehead atoms. The minimum atomic E-state index is -0.521. The third-order valence-corrected chi connectivity index (χ3v) is 4.67. The molecule has 0 aliphatic carbocycles. The van der Waals surface area contributed by atoms with Crippen LogP contribution in [0.4, 0.5) is 0 Å². The quantitative estimate of drug-likeness (QED) is 0.567. The molecule has 0 atom stereocenters. The summed E-state index contributed by atoms with van der Waals surface area (Å²) < 4.78 is 26.3. The zero-order valence-corrected chi connectivity index (χ0v) is 17.4. The molecule has 0 spiro atoms. The first-order valence-corrected chi connectivity index (χ1v) is 8.96. The first kappa shape index (κ1) is 20.9. The average molecular weight is 413 g/mol. The molecule has 0 fully saturated rings. The van der Waals surface area contributed by atoms with Gasteiger partial charge in [-0.05, 0) is 42.0 Å². The number of phenolic OH excluding ortho intramolecular Hbond substituents is 1. The van der Waals surface area contributed by atoms with Crippen molar-refractivity contribution in [2.24, 2.45) is 0 Å². The van der Waals surface area contributed by atoms with Crippen LogP contribution in [0.2, 0.25) is 0 Å². The summed E-state index contributed by atoms with van der Waals surface area (Å²) in [4.78, 5) is 15.2. The van der Waals surface area contributed by atoms with Crippen molar-refractivity contribution < 1.29 is 33.6 Å². The number of hydrogen-bond donors (Lipinski definition) is 2. The van der Waals surface area contributed by atoms with Gasteiger partial charge in [0, 0.05) is 11.1 Å². The highest BCUT2D eigenvalue weighted by molar-refractivity contribution is 5.94. The summed E-state index contributed by atoms with van der Waals surface area (Å²) in [7, 11) is 7.36. The summed E-state index contributed by atoms with van der Waals surface area (Å²) >= 11 is 0. The van der Waals surface area contributed by atoms with Crippen LogP contribution in [0.25, 0.3) is 22.4 Å². The van der Waals surface area contributed by atoms with Gasteiger partial charge in [0.2, 0.25) is 5.75 Å². The number of rotatable bonds is 7. The van der Waals surface area contributed by atoms with E-state index in [2.05, 4.69) is 4.98 Å². The summed E-state index contributed by atoms with van der Waals surface area (Å²) in [5, 5.41) is 10.2. The Labute approximate surface area is 173 Å². The van der Waals surface area contributed by atoms with Gasteiger partial charge in [-0.2, -0.15) is 0 Å². The number of carbonyl (C=O) groups is 1. The highest BCUT2D eigenvalue weighted by atomic mass is 16.5. The van der Waals surface area contributed by atoms with Crippen molar-refractivity contribution in [2.45, 2.75) is 0 Å². The summed E-state index contributed by atoms with van der Waals surface area (Å²) in [5.74, 6) is 1.18. The molecule has 30 heavy (non-hydrogen) atoms. The Bertz CT molecular complexity index is 1050. The molecule has 0 saturated heterocycles. The number of carbonyl (C=O) groups excluding carboxylic acids is 1. The fourth-order valence-electron chi connectivity index (χ4n) is 3.21. The highest BCUT2D eigenvalue weighted by Crippen LogP contribution is 2.44. The number of ether oxygens (including phenoxy) is 5. The maximum Gasteiger partial charge on any atom is 0.354 e. The smallest absolute Gasteiger partial charge is 0.354 e. The average Bonchev–Trinajstić information content (AvgIpc) is 3.22. The molecule has 8 heteroatoms. The second-order valence-electron chi connectivity index (χ2n) is 6.26. The van der Waals surface area contributed by atoms with Gasteiger partial charge in [0.1, 0.15) is 5.69 Å². The lowest BCUT2D eigenvalue weighted by molar-refractivity contribution is 0.0595. The summed E-state index contributed by atoms with van der Waals surface area (Å²) in [6.07, 6.45) is 0. The van der Waals surface area contributed by atoms with Crippen LogP contribution in [0, 0.1) is 0 Å². The highest BCUT2D eigenvalue weighted by Gasteiger charge is 2.21.